The number of nitrogens with zero attached hydrogens (tertiary/aromatic N) is 2. The molecule has 0 saturated carbocycles. The molecule has 0 aliphatic rings. The fraction of sp³-hybridized carbons (Fsp3) is 0.125. The van der Waals surface area contributed by atoms with Gasteiger partial charge in [0.2, 0.25) is 5.78 Å². The maximum absolute atomic E-state index is 12.4. The van der Waals surface area contributed by atoms with E-state index >= 15 is 0 Å². The van der Waals surface area contributed by atoms with Gasteiger partial charge in [0, 0.05) is 12.6 Å². The van der Waals surface area contributed by atoms with Crippen molar-refractivity contribution in [3.63, 3.8) is 0 Å². The number of pyridine rings is 1. The molecule has 4 nitrogen and oxygen atoms in total. The third-order valence-corrected chi connectivity index (χ3v) is 4.58. The third-order valence-electron chi connectivity index (χ3n) is 4.58. The molecule has 0 fully saturated rings. The molecular weight excluding hydrogens is 348 g/mol. The molecule has 28 heavy (non-hydrogen) atoms. The lowest BCUT2D eigenvalue weighted by Gasteiger charge is -2.04. The van der Waals surface area contributed by atoms with Crippen molar-refractivity contribution < 1.29 is 9.21 Å². The number of carbonyl (C=O) groups excluding carboxylic acids is 1. The Hall–Kier alpha value is -3.53. The van der Waals surface area contributed by atoms with E-state index in [1.807, 2.05) is 24.3 Å². The van der Waals surface area contributed by atoms with E-state index in [0.717, 1.165) is 12.0 Å². The molecular formula is C24H20N2O2. The second-order valence-corrected chi connectivity index (χ2v) is 6.65. The molecule has 2 aromatic carbocycles. The van der Waals surface area contributed by atoms with Crippen LogP contribution in [0.15, 0.2) is 89.6 Å². The number of hydrogen-bond donors (Lipinski definition) is 0. The van der Waals surface area contributed by atoms with Crippen LogP contribution in [0, 0.1) is 0 Å². The van der Waals surface area contributed by atoms with Crippen LogP contribution in [0.2, 0.25) is 0 Å². The zero-order valence-corrected chi connectivity index (χ0v) is 15.4. The van der Waals surface area contributed by atoms with E-state index in [9.17, 15) is 4.79 Å². The fourth-order valence-electron chi connectivity index (χ4n) is 3.05. The van der Waals surface area contributed by atoms with Crippen LogP contribution < -0.4 is 0 Å². The molecule has 0 N–H and O–H groups in total. The number of carbonyl (C=O) groups is 1. The average Bonchev–Trinajstić information content (AvgIpc) is 3.25. The van der Waals surface area contributed by atoms with E-state index in [4.69, 9.17) is 4.42 Å². The van der Waals surface area contributed by atoms with E-state index in [1.165, 1.54) is 11.1 Å². The predicted octanol–water partition coefficient (Wildman–Crippen LogP) is 5.14. The summed E-state index contributed by atoms with van der Waals surface area (Å²) in [5.74, 6) is 0.547. The van der Waals surface area contributed by atoms with Crippen LogP contribution in [0.1, 0.15) is 33.8 Å². The molecule has 4 aromatic rings. The van der Waals surface area contributed by atoms with Gasteiger partial charge in [0.15, 0.2) is 5.76 Å². The van der Waals surface area contributed by atoms with Crippen LogP contribution >= 0.6 is 0 Å². The summed E-state index contributed by atoms with van der Waals surface area (Å²) in [7, 11) is 0. The molecule has 0 aliphatic carbocycles. The maximum atomic E-state index is 12.4. The van der Waals surface area contributed by atoms with Gasteiger partial charge in [0.1, 0.15) is 5.69 Å². The molecule has 2 heterocycles. The number of aryl methyl sites for hydroxylation is 1. The van der Waals surface area contributed by atoms with Crippen molar-refractivity contribution in [2.75, 3.05) is 0 Å². The smallest absolute Gasteiger partial charge is 0.263 e. The highest BCUT2D eigenvalue weighted by molar-refractivity contribution is 5.92. The second-order valence-electron chi connectivity index (χ2n) is 6.65. The van der Waals surface area contributed by atoms with Crippen LogP contribution in [0.5, 0.6) is 0 Å². The molecule has 4 heteroatoms. The van der Waals surface area contributed by atoms with E-state index in [0.29, 0.717) is 24.3 Å². The van der Waals surface area contributed by atoms with Crippen molar-refractivity contribution in [3.05, 3.63) is 108 Å². The molecule has 0 amide bonds. The first kappa shape index (κ1) is 17.9. The van der Waals surface area contributed by atoms with Gasteiger partial charge in [0.25, 0.3) is 5.89 Å². The third kappa shape index (κ3) is 4.41. The molecule has 0 aliphatic heterocycles. The Labute approximate surface area is 163 Å². The van der Waals surface area contributed by atoms with Gasteiger partial charge < -0.3 is 4.42 Å². The largest absolute Gasteiger partial charge is 0.432 e. The Bertz CT molecular complexity index is 1040. The molecule has 0 radical (unpaired) electrons. The minimum Gasteiger partial charge on any atom is -0.432 e. The van der Waals surface area contributed by atoms with Gasteiger partial charge in [-0.2, -0.15) is 0 Å². The highest BCUT2D eigenvalue weighted by Gasteiger charge is 2.14. The number of oxazole rings is 1. The molecule has 0 spiro atoms. The van der Waals surface area contributed by atoms with E-state index in [1.54, 1.807) is 12.4 Å². The van der Waals surface area contributed by atoms with Gasteiger partial charge in [-0.15, -0.1) is 0 Å². The molecule has 0 bridgehead atoms. The number of rotatable bonds is 7. The summed E-state index contributed by atoms with van der Waals surface area (Å²) in [6.07, 6.45) is 5.16. The summed E-state index contributed by atoms with van der Waals surface area (Å²) in [6, 6.07) is 24.3. The first-order valence-electron chi connectivity index (χ1n) is 9.30. The van der Waals surface area contributed by atoms with E-state index < -0.39 is 0 Å². The average molecular weight is 368 g/mol. The Morgan fingerprint density at radius 2 is 1.50 bits per heavy atom. The lowest BCUT2D eigenvalue weighted by Crippen LogP contribution is -2.01. The lowest BCUT2D eigenvalue weighted by molar-refractivity contribution is 0.0950. The zero-order valence-electron chi connectivity index (χ0n) is 15.4. The predicted molar refractivity (Wildman–Crippen MR) is 108 cm³/mol. The number of hydrogen-bond acceptors (Lipinski definition) is 4. The molecule has 2 aromatic heterocycles. The van der Waals surface area contributed by atoms with Crippen LogP contribution in [0.4, 0.5) is 0 Å². The van der Waals surface area contributed by atoms with Crippen LogP contribution in [-0.2, 0) is 12.8 Å². The minimum atomic E-state index is -0.101. The monoisotopic (exact) mass is 368 g/mol. The first-order valence-corrected chi connectivity index (χ1v) is 9.30. The summed E-state index contributed by atoms with van der Waals surface area (Å²) in [4.78, 5) is 20.7. The number of Topliss-reactive ketones (excluding diaryl/α,β-unsaturated/α-hetero) is 1. The summed E-state index contributed by atoms with van der Waals surface area (Å²) in [6.45, 7) is 0. The second kappa shape index (κ2) is 8.44. The highest BCUT2D eigenvalue weighted by Crippen LogP contribution is 2.19. The standard InChI is InChI=1S/C24H20N2O2/c27-22(24-26-17-23(28-24)21-8-4-5-15-25-21)14-13-18-9-11-20(12-10-18)16-19-6-2-1-3-7-19/h1-12,15,17H,13-14,16H2. The summed E-state index contributed by atoms with van der Waals surface area (Å²) >= 11 is 0. The normalized spacial score (nSPS) is 10.7. The van der Waals surface area contributed by atoms with Crippen LogP contribution in [0.3, 0.4) is 0 Å². The van der Waals surface area contributed by atoms with Crippen molar-refractivity contribution in [2.24, 2.45) is 0 Å². The first-order chi connectivity index (χ1) is 13.8. The Balaban J connectivity index is 1.34. The maximum Gasteiger partial charge on any atom is 0.263 e. The summed E-state index contributed by atoms with van der Waals surface area (Å²) < 4.78 is 5.58. The van der Waals surface area contributed by atoms with E-state index in [-0.39, 0.29) is 11.7 Å². The number of benzene rings is 2. The van der Waals surface area contributed by atoms with Gasteiger partial charge in [-0.25, -0.2) is 4.98 Å². The van der Waals surface area contributed by atoms with Crippen molar-refractivity contribution in [1.82, 2.24) is 9.97 Å². The van der Waals surface area contributed by atoms with Crippen molar-refractivity contribution in [2.45, 2.75) is 19.3 Å². The summed E-state index contributed by atoms with van der Waals surface area (Å²) in [5, 5.41) is 0. The van der Waals surface area contributed by atoms with E-state index in [2.05, 4.69) is 58.5 Å². The van der Waals surface area contributed by atoms with Gasteiger partial charge in [0.05, 0.1) is 6.20 Å². The van der Waals surface area contributed by atoms with Crippen molar-refractivity contribution >= 4 is 5.78 Å². The Morgan fingerprint density at radius 3 is 2.25 bits per heavy atom. The van der Waals surface area contributed by atoms with Crippen molar-refractivity contribution in [1.29, 1.82) is 0 Å². The fourth-order valence-corrected chi connectivity index (χ4v) is 3.05. The minimum absolute atomic E-state index is 0.101. The van der Waals surface area contributed by atoms with Crippen LogP contribution in [-0.4, -0.2) is 15.8 Å². The molecule has 138 valence electrons. The van der Waals surface area contributed by atoms with Gasteiger partial charge >= 0.3 is 0 Å². The van der Waals surface area contributed by atoms with Crippen molar-refractivity contribution in [3.8, 4) is 11.5 Å². The number of ketones is 1. The lowest BCUT2D eigenvalue weighted by atomic mass is 10.0. The van der Waals surface area contributed by atoms with Gasteiger partial charge in [-0.1, -0.05) is 60.7 Å². The molecule has 0 atom stereocenters. The van der Waals surface area contributed by atoms with Gasteiger partial charge in [-0.05, 0) is 41.7 Å². The highest BCUT2D eigenvalue weighted by atomic mass is 16.4. The summed E-state index contributed by atoms with van der Waals surface area (Å²) in [5.41, 5.74) is 4.34. The molecule has 0 unspecified atom stereocenters. The zero-order chi connectivity index (χ0) is 19.2. The molecule has 4 rings (SSSR count). The Kier molecular flexibility index (Phi) is 5.38. The topological polar surface area (TPSA) is 56.0 Å². The van der Waals surface area contributed by atoms with Crippen LogP contribution in [0.25, 0.3) is 11.5 Å². The Morgan fingerprint density at radius 1 is 0.786 bits per heavy atom. The SMILES string of the molecule is O=C(CCc1ccc(Cc2ccccc2)cc1)c1ncc(-c2ccccn2)o1. The quantitative estimate of drug-likeness (QED) is 0.424. The van der Waals surface area contributed by atoms with Gasteiger partial charge in [-0.3, -0.25) is 9.78 Å². The number of aromatic nitrogens is 2. The molecule has 0 saturated heterocycles.